The highest BCUT2D eigenvalue weighted by Crippen LogP contribution is 2.30. The maximum Gasteiger partial charge on any atom is 0.336 e. The Hall–Kier alpha value is -2.54. The van der Waals surface area contributed by atoms with Crippen LogP contribution in [0.2, 0.25) is 5.02 Å². The van der Waals surface area contributed by atoms with Crippen LogP contribution in [0.3, 0.4) is 0 Å². The van der Waals surface area contributed by atoms with Crippen LogP contribution in [0.25, 0.3) is 11.0 Å². The van der Waals surface area contributed by atoms with E-state index >= 15 is 0 Å². The maximum absolute atomic E-state index is 11.9. The van der Waals surface area contributed by atoms with Crippen LogP contribution in [0, 0.1) is 6.92 Å². The average Bonchev–Trinajstić information content (AvgIpc) is 2.54. The summed E-state index contributed by atoms with van der Waals surface area (Å²) in [7, 11) is 0. The molecule has 7 nitrogen and oxygen atoms in total. The number of aryl methyl sites for hydroxylation is 1. The fourth-order valence-electron chi connectivity index (χ4n) is 2.25. The van der Waals surface area contributed by atoms with E-state index in [-0.39, 0.29) is 23.3 Å². The molecular formula is C17H19ClN2O5. The van der Waals surface area contributed by atoms with Crippen molar-refractivity contribution in [1.82, 2.24) is 10.6 Å². The van der Waals surface area contributed by atoms with Crippen molar-refractivity contribution in [2.45, 2.75) is 26.8 Å². The van der Waals surface area contributed by atoms with E-state index in [4.69, 9.17) is 20.8 Å². The van der Waals surface area contributed by atoms with Gasteiger partial charge in [0.2, 0.25) is 5.91 Å². The summed E-state index contributed by atoms with van der Waals surface area (Å²) in [5.74, 6) is -0.541. The number of hydrogen-bond acceptors (Lipinski definition) is 5. The van der Waals surface area contributed by atoms with Crippen LogP contribution in [0.1, 0.15) is 19.4 Å². The Morgan fingerprint density at radius 3 is 2.72 bits per heavy atom. The number of fused-ring (bicyclic) bond motifs is 1. The summed E-state index contributed by atoms with van der Waals surface area (Å²) in [5.41, 5.74) is 0.570. The average molecular weight is 367 g/mol. The molecule has 1 heterocycles. The number of benzene rings is 1. The van der Waals surface area contributed by atoms with Gasteiger partial charge in [0.15, 0.2) is 6.61 Å². The van der Waals surface area contributed by atoms with Gasteiger partial charge in [-0.05, 0) is 32.4 Å². The van der Waals surface area contributed by atoms with Gasteiger partial charge in [-0.2, -0.15) is 0 Å². The fourth-order valence-corrected chi connectivity index (χ4v) is 2.47. The lowest BCUT2D eigenvalue weighted by Crippen LogP contribution is -2.46. The Kier molecular flexibility index (Phi) is 6.03. The molecular weight excluding hydrogens is 348 g/mol. The number of nitrogens with one attached hydrogen (secondary N) is 2. The smallest absolute Gasteiger partial charge is 0.336 e. The number of carbonyl (C=O) groups excluding carboxylic acids is 2. The van der Waals surface area contributed by atoms with Crippen molar-refractivity contribution in [1.29, 1.82) is 0 Å². The third kappa shape index (κ3) is 4.73. The molecule has 134 valence electrons. The predicted octanol–water partition coefficient (Wildman–Crippen LogP) is 1.77. The summed E-state index contributed by atoms with van der Waals surface area (Å²) >= 11 is 6.16. The van der Waals surface area contributed by atoms with Gasteiger partial charge in [-0.15, -0.1) is 0 Å². The van der Waals surface area contributed by atoms with E-state index in [1.165, 1.54) is 12.1 Å². The Labute approximate surface area is 149 Å². The highest BCUT2D eigenvalue weighted by molar-refractivity contribution is 6.32. The van der Waals surface area contributed by atoms with Crippen molar-refractivity contribution in [2.75, 3.05) is 13.2 Å². The SMILES string of the molecule is CCNC(=O)[C@@H](C)NC(=O)COc1cc2oc(=O)cc(C)c2cc1Cl. The monoisotopic (exact) mass is 366 g/mol. The second kappa shape index (κ2) is 8.02. The molecule has 0 spiro atoms. The van der Waals surface area contributed by atoms with Crippen LogP contribution in [-0.2, 0) is 9.59 Å². The summed E-state index contributed by atoms with van der Waals surface area (Å²) in [5, 5.41) is 6.10. The molecule has 1 aromatic heterocycles. The predicted molar refractivity (Wildman–Crippen MR) is 94.0 cm³/mol. The molecule has 2 N–H and O–H groups in total. The van der Waals surface area contributed by atoms with Crippen LogP contribution in [0.15, 0.2) is 27.4 Å². The first-order valence-electron chi connectivity index (χ1n) is 7.75. The molecule has 2 rings (SSSR count). The van der Waals surface area contributed by atoms with Gasteiger partial charge in [0, 0.05) is 24.1 Å². The van der Waals surface area contributed by atoms with Gasteiger partial charge < -0.3 is 19.8 Å². The zero-order valence-electron chi connectivity index (χ0n) is 14.1. The molecule has 2 amide bonds. The lowest BCUT2D eigenvalue weighted by molar-refractivity contribution is -0.129. The topological polar surface area (TPSA) is 97.6 Å². The zero-order chi connectivity index (χ0) is 18.6. The number of hydrogen-bond donors (Lipinski definition) is 2. The van der Waals surface area contributed by atoms with Crippen molar-refractivity contribution in [3.8, 4) is 5.75 Å². The second-order valence-corrected chi connectivity index (χ2v) is 5.91. The van der Waals surface area contributed by atoms with E-state index in [9.17, 15) is 14.4 Å². The molecule has 0 aliphatic heterocycles. The normalized spacial score (nSPS) is 11.8. The van der Waals surface area contributed by atoms with Crippen LogP contribution in [0.4, 0.5) is 0 Å². The maximum atomic E-state index is 11.9. The van der Waals surface area contributed by atoms with E-state index < -0.39 is 17.6 Å². The summed E-state index contributed by atoms with van der Waals surface area (Å²) in [4.78, 5) is 34.9. The summed E-state index contributed by atoms with van der Waals surface area (Å²) in [6, 6.07) is 3.77. The number of carbonyl (C=O) groups is 2. The molecule has 2 aromatic rings. The summed E-state index contributed by atoms with van der Waals surface area (Å²) in [6.45, 7) is 5.28. The number of likely N-dealkylation sites (N-methyl/N-ethyl adjacent to an activating group) is 1. The molecule has 0 fully saturated rings. The third-order valence-electron chi connectivity index (χ3n) is 3.48. The summed E-state index contributed by atoms with van der Waals surface area (Å²) < 4.78 is 10.5. The van der Waals surface area contributed by atoms with Gasteiger partial charge >= 0.3 is 5.63 Å². The minimum Gasteiger partial charge on any atom is -0.482 e. The van der Waals surface area contributed by atoms with E-state index in [0.717, 1.165) is 5.56 Å². The standard InChI is InChI=1S/C17H19ClN2O5/c1-4-19-17(23)10(3)20-15(21)8-24-14-7-13-11(6-12(14)18)9(2)5-16(22)25-13/h5-7,10H,4,8H2,1-3H3,(H,19,23)(H,20,21)/t10-/m1/s1. The molecule has 0 aliphatic carbocycles. The highest BCUT2D eigenvalue weighted by atomic mass is 35.5. The Bertz CT molecular complexity index is 862. The van der Waals surface area contributed by atoms with Gasteiger partial charge in [-0.25, -0.2) is 4.79 Å². The molecule has 0 saturated heterocycles. The van der Waals surface area contributed by atoms with E-state index in [0.29, 0.717) is 17.5 Å². The van der Waals surface area contributed by atoms with Crippen LogP contribution >= 0.6 is 11.6 Å². The minimum absolute atomic E-state index is 0.212. The third-order valence-corrected chi connectivity index (χ3v) is 3.78. The molecule has 8 heteroatoms. The van der Waals surface area contributed by atoms with E-state index in [1.807, 2.05) is 0 Å². The Balaban J connectivity index is 2.08. The number of halogens is 1. The number of rotatable bonds is 6. The minimum atomic E-state index is -0.677. The zero-order valence-corrected chi connectivity index (χ0v) is 14.9. The molecule has 1 atom stereocenters. The number of ether oxygens (including phenoxy) is 1. The molecule has 0 aliphatic rings. The Morgan fingerprint density at radius 2 is 2.04 bits per heavy atom. The first kappa shape index (κ1) is 18.8. The Morgan fingerprint density at radius 1 is 1.32 bits per heavy atom. The fraction of sp³-hybridized carbons (Fsp3) is 0.353. The van der Waals surface area contributed by atoms with E-state index in [1.54, 1.807) is 26.8 Å². The van der Waals surface area contributed by atoms with Crippen molar-refractivity contribution in [3.63, 3.8) is 0 Å². The second-order valence-electron chi connectivity index (χ2n) is 5.50. The number of amides is 2. The molecule has 0 saturated carbocycles. The van der Waals surface area contributed by atoms with Crippen molar-refractivity contribution in [2.24, 2.45) is 0 Å². The van der Waals surface area contributed by atoms with Crippen LogP contribution in [-0.4, -0.2) is 31.0 Å². The summed E-state index contributed by atoms with van der Waals surface area (Å²) in [6.07, 6.45) is 0. The van der Waals surface area contributed by atoms with Gasteiger partial charge in [-0.1, -0.05) is 11.6 Å². The molecule has 0 unspecified atom stereocenters. The first-order chi connectivity index (χ1) is 11.8. The molecule has 25 heavy (non-hydrogen) atoms. The van der Waals surface area contributed by atoms with Crippen molar-refractivity contribution < 1.29 is 18.7 Å². The van der Waals surface area contributed by atoms with Crippen molar-refractivity contribution in [3.05, 3.63) is 39.2 Å². The van der Waals surface area contributed by atoms with E-state index in [2.05, 4.69) is 10.6 Å². The quantitative estimate of drug-likeness (QED) is 0.759. The van der Waals surface area contributed by atoms with Gasteiger partial charge in [-0.3, -0.25) is 9.59 Å². The first-order valence-corrected chi connectivity index (χ1v) is 8.13. The lowest BCUT2D eigenvalue weighted by atomic mass is 10.1. The largest absolute Gasteiger partial charge is 0.482 e. The highest BCUT2D eigenvalue weighted by Gasteiger charge is 2.16. The van der Waals surface area contributed by atoms with Gasteiger partial charge in [0.05, 0.1) is 5.02 Å². The van der Waals surface area contributed by atoms with Gasteiger partial charge in [0.1, 0.15) is 17.4 Å². The van der Waals surface area contributed by atoms with Crippen molar-refractivity contribution >= 4 is 34.4 Å². The molecule has 1 aromatic carbocycles. The van der Waals surface area contributed by atoms with Gasteiger partial charge in [0.25, 0.3) is 5.91 Å². The van der Waals surface area contributed by atoms with Crippen LogP contribution in [0.5, 0.6) is 5.75 Å². The van der Waals surface area contributed by atoms with Crippen LogP contribution < -0.4 is 21.0 Å². The lowest BCUT2D eigenvalue weighted by Gasteiger charge is -2.14. The molecule has 0 bridgehead atoms. The molecule has 0 radical (unpaired) electrons.